The molecule has 0 aliphatic carbocycles. The van der Waals surface area contributed by atoms with E-state index in [1.165, 1.54) is 6.20 Å². The summed E-state index contributed by atoms with van der Waals surface area (Å²) in [7, 11) is 0. The number of rotatable bonds is 4. The van der Waals surface area contributed by atoms with E-state index in [4.69, 9.17) is 23.2 Å². The van der Waals surface area contributed by atoms with Gasteiger partial charge in [0.1, 0.15) is 5.69 Å². The number of ketones is 1. The predicted molar refractivity (Wildman–Crippen MR) is 77.1 cm³/mol. The van der Waals surface area contributed by atoms with Gasteiger partial charge in [0.25, 0.3) is 0 Å². The monoisotopic (exact) mass is 296 g/mol. The summed E-state index contributed by atoms with van der Waals surface area (Å²) in [5.41, 5.74) is 1.23. The fourth-order valence-electron chi connectivity index (χ4n) is 1.89. The van der Waals surface area contributed by atoms with Gasteiger partial charge in [0.2, 0.25) is 0 Å². The Kier molecular flexibility index (Phi) is 4.27. The number of hydrogen-bond acceptors (Lipinski definition) is 2. The average Bonchev–Trinajstić information content (AvgIpc) is 2.74. The third-order valence-electron chi connectivity index (χ3n) is 2.81. The number of aromatic nitrogens is 2. The van der Waals surface area contributed by atoms with Crippen LogP contribution in [-0.4, -0.2) is 15.6 Å². The second kappa shape index (κ2) is 5.76. The van der Waals surface area contributed by atoms with Gasteiger partial charge in [-0.05, 0) is 25.5 Å². The Balaban J connectivity index is 2.31. The fraction of sp³-hybridized carbons (Fsp3) is 0.286. The molecule has 19 heavy (non-hydrogen) atoms. The molecule has 0 atom stereocenters. The number of carbonyl (C=O) groups is 1. The van der Waals surface area contributed by atoms with E-state index in [1.807, 2.05) is 32.0 Å². The molecule has 0 N–H and O–H groups in total. The Morgan fingerprint density at radius 1 is 1.26 bits per heavy atom. The van der Waals surface area contributed by atoms with Crippen molar-refractivity contribution in [3.8, 4) is 0 Å². The molecule has 1 aromatic heterocycles. The molecule has 0 fully saturated rings. The van der Waals surface area contributed by atoms with Crippen molar-refractivity contribution in [1.82, 2.24) is 9.78 Å². The van der Waals surface area contributed by atoms with Gasteiger partial charge in [-0.15, -0.1) is 0 Å². The van der Waals surface area contributed by atoms with Gasteiger partial charge in [0.15, 0.2) is 5.78 Å². The Hall–Kier alpha value is -1.32. The molecule has 5 heteroatoms. The molecule has 0 radical (unpaired) electrons. The Bertz CT molecular complexity index is 605. The molecule has 0 aliphatic rings. The number of nitrogens with zero attached hydrogens (tertiary/aromatic N) is 2. The Labute approximate surface area is 122 Å². The molecule has 100 valence electrons. The predicted octanol–water partition coefficient (Wildman–Crippen LogP) is 4.20. The SMILES string of the molecule is CC(C)n1ncc(Cl)c1C(=O)Cc1ccccc1Cl. The maximum Gasteiger partial charge on any atom is 0.186 e. The van der Waals surface area contributed by atoms with Gasteiger partial charge in [-0.1, -0.05) is 41.4 Å². The molecular weight excluding hydrogens is 283 g/mol. The van der Waals surface area contributed by atoms with Crippen LogP contribution in [0.1, 0.15) is 35.9 Å². The van der Waals surface area contributed by atoms with Gasteiger partial charge in [-0.3, -0.25) is 9.48 Å². The first-order valence-electron chi connectivity index (χ1n) is 6.00. The van der Waals surface area contributed by atoms with E-state index in [9.17, 15) is 4.79 Å². The van der Waals surface area contributed by atoms with Crippen LogP contribution in [0, 0.1) is 0 Å². The molecule has 0 aliphatic heterocycles. The maximum absolute atomic E-state index is 12.4. The summed E-state index contributed by atoms with van der Waals surface area (Å²) < 4.78 is 1.64. The second-order valence-electron chi connectivity index (χ2n) is 4.57. The summed E-state index contributed by atoms with van der Waals surface area (Å²) in [5.74, 6) is -0.0794. The molecular formula is C14H14Cl2N2O. The van der Waals surface area contributed by atoms with E-state index in [-0.39, 0.29) is 18.2 Å². The summed E-state index contributed by atoms with van der Waals surface area (Å²) in [4.78, 5) is 12.4. The van der Waals surface area contributed by atoms with Crippen LogP contribution in [-0.2, 0) is 6.42 Å². The van der Waals surface area contributed by atoms with Crippen molar-refractivity contribution < 1.29 is 4.79 Å². The number of Topliss-reactive ketones (excluding diaryl/α,β-unsaturated/α-hetero) is 1. The topological polar surface area (TPSA) is 34.9 Å². The number of halogens is 2. The van der Waals surface area contributed by atoms with Crippen LogP contribution in [0.15, 0.2) is 30.5 Å². The molecule has 0 unspecified atom stereocenters. The van der Waals surface area contributed by atoms with Gasteiger partial charge < -0.3 is 0 Å². The molecule has 0 amide bonds. The zero-order chi connectivity index (χ0) is 14.0. The maximum atomic E-state index is 12.4. The van der Waals surface area contributed by atoms with Crippen LogP contribution in [0.5, 0.6) is 0 Å². The highest BCUT2D eigenvalue weighted by Crippen LogP contribution is 2.23. The van der Waals surface area contributed by atoms with E-state index >= 15 is 0 Å². The lowest BCUT2D eigenvalue weighted by molar-refractivity contribution is 0.0981. The lowest BCUT2D eigenvalue weighted by Crippen LogP contribution is -2.15. The molecule has 0 bridgehead atoms. The Morgan fingerprint density at radius 3 is 2.58 bits per heavy atom. The molecule has 1 heterocycles. The van der Waals surface area contributed by atoms with Crippen molar-refractivity contribution in [2.24, 2.45) is 0 Å². The van der Waals surface area contributed by atoms with Gasteiger partial charge in [0.05, 0.1) is 11.2 Å². The van der Waals surface area contributed by atoms with Crippen molar-refractivity contribution in [3.05, 3.63) is 51.8 Å². The van der Waals surface area contributed by atoms with Crippen LogP contribution in [0.25, 0.3) is 0 Å². The van der Waals surface area contributed by atoms with E-state index in [2.05, 4.69) is 5.10 Å². The zero-order valence-corrected chi connectivity index (χ0v) is 12.2. The number of carbonyl (C=O) groups excluding carboxylic acids is 1. The van der Waals surface area contributed by atoms with Crippen molar-refractivity contribution in [1.29, 1.82) is 0 Å². The van der Waals surface area contributed by atoms with Crippen LogP contribution in [0.3, 0.4) is 0 Å². The van der Waals surface area contributed by atoms with E-state index < -0.39 is 0 Å². The van der Waals surface area contributed by atoms with Crippen LogP contribution < -0.4 is 0 Å². The van der Waals surface area contributed by atoms with Crippen LogP contribution in [0.4, 0.5) is 0 Å². The third kappa shape index (κ3) is 2.99. The lowest BCUT2D eigenvalue weighted by Gasteiger charge is -2.11. The highest BCUT2D eigenvalue weighted by molar-refractivity contribution is 6.34. The first kappa shape index (κ1) is 14.1. The first-order valence-corrected chi connectivity index (χ1v) is 6.76. The molecule has 1 aromatic carbocycles. The van der Waals surface area contributed by atoms with E-state index in [0.717, 1.165) is 5.56 Å². The van der Waals surface area contributed by atoms with Crippen molar-refractivity contribution in [2.45, 2.75) is 26.3 Å². The quantitative estimate of drug-likeness (QED) is 0.793. The standard InChI is InChI=1S/C14H14Cl2N2O/c1-9(2)18-14(12(16)8-17-18)13(19)7-10-5-3-4-6-11(10)15/h3-6,8-9H,7H2,1-2H3. The molecule has 0 spiro atoms. The van der Waals surface area contributed by atoms with Crippen molar-refractivity contribution >= 4 is 29.0 Å². The van der Waals surface area contributed by atoms with Crippen LogP contribution >= 0.6 is 23.2 Å². The van der Waals surface area contributed by atoms with Gasteiger partial charge in [-0.25, -0.2) is 0 Å². The number of benzene rings is 1. The third-order valence-corrected chi connectivity index (χ3v) is 3.46. The summed E-state index contributed by atoms with van der Waals surface area (Å²) >= 11 is 12.1. The summed E-state index contributed by atoms with van der Waals surface area (Å²) in [5, 5.41) is 5.10. The number of hydrogen-bond donors (Lipinski definition) is 0. The summed E-state index contributed by atoms with van der Waals surface area (Å²) in [6, 6.07) is 7.38. The van der Waals surface area contributed by atoms with Gasteiger partial charge >= 0.3 is 0 Å². The van der Waals surface area contributed by atoms with E-state index in [1.54, 1.807) is 10.7 Å². The van der Waals surface area contributed by atoms with Gasteiger partial charge in [0, 0.05) is 17.5 Å². The minimum Gasteiger partial charge on any atom is -0.292 e. The molecule has 0 saturated heterocycles. The highest BCUT2D eigenvalue weighted by Gasteiger charge is 2.20. The van der Waals surface area contributed by atoms with E-state index in [0.29, 0.717) is 15.7 Å². The average molecular weight is 297 g/mol. The smallest absolute Gasteiger partial charge is 0.186 e. The first-order chi connectivity index (χ1) is 9.00. The minimum absolute atomic E-state index is 0.0794. The lowest BCUT2D eigenvalue weighted by atomic mass is 10.1. The van der Waals surface area contributed by atoms with Crippen LogP contribution in [0.2, 0.25) is 10.0 Å². The second-order valence-corrected chi connectivity index (χ2v) is 5.39. The van der Waals surface area contributed by atoms with Crippen molar-refractivity contribution in [3.63, 3.8) is 0 Å². The molecule has 3 nitrogen and oxygen atoms in total. The largest absolute Gasteiger partial charge is 0.292 e. The molecule has 0 saturated carbocycles. The van der Waals surface area contributed by atoms with Gasteiger partial charge in [-0.2, -0.15) is 5.10 Å². The fourth-order valence-corrected chi connectivity index (χ4v) is 2.33. The zero-order valence-electron chi connectivity index (χ0n) is 10.7. The minimum atomic E-state index is -0.0794. The molecule has 2 aromatic rings. The summed E-state index contributed by atoms with van der Waals surface area (Å²) in [6.45, 7) is 3.91. The Morgan fingerprint density at radius 2 is 1.95 bits per heavy atom. The highest BCUT2D eigenvalue weighted by atomic mass is 35.5. The summed E-state index contributed by atoms with van der Waals surface area (Å²) in [6.07, 6.45) is 1.72. The molecule has 2 rings (SSSR count). The normalized spacial score (nSPS) is 11.0. The van der Waals surface area contributed by atoms with Crippen molar-refractivity contribution in [2.75, 3.05) is 0 Å².